The highest BCUT2D eigenvalue weighted by molar-refractivity contribution is 8.07. The largest absolute Gasteiger partial charge is 0.0902 e. The third-order valence-corrected chi connectivity index (χ3v) is 4.53. The Hall–Kier alpha value is -0.950. The van der Waals surface area contributed by atoms with Crippen LogP contribution in [0.3, 0.4) is 0 Å². The monoisotopic (exact) mass is 260 g/mol. The van der Waals surface area contributed by atoms with Crippen LogP contribution in [0.4, 0.5) is 0 Å². The summed E-state index contributed by atoms with van der Waals surface area (Å²) in [5.41, 5.74) is 5.44. The van der Waals surface area contributed by atoms with Crippen LogP contribution in [0.15, 0.2) is 56.9 Å². The Morgan fingerprint density at radius 3 is 2.50 bits per heavy atom. The molecule has 1 heteroatoms. The lowest BCUT2D eigenvalue weighted by molar-refractivity contribution is 1.13. The van der Waals surface area contributed by atoms with E-state index in [9.17, 15) is 0 Å². The second-order valence-corrected chi connectivity index (χ2v) is 6.05. The first kappa shape index (κ1) is 15.1. The summed E-state index contributed by atoms with van der Waals surface area (Å²) >= 11 is 1.80. The maximum absolute atomic E-state index is 4.20. The molecule has 0 bridgehead atoms. The zero-order chi connectivity index (χ0) is 13.7. The van der Waals surface area contributed by atoms with Gasteiger partial charge in [0.1, 0.15) is 0 Å². The second-order valence-electron chi connectivity index (χ2n) is 4.91. The molecule has 0 aliphatic heterocycles. The van der Waals surface area contributed by atoms with E-state index in [2.05, 4.69) is 59.4 Å². The molecule has 98 valence electrons. The van der Waals surface area contributed by atoms with Crippen LogP contribution in [-0.4, -0.2) is 0 Å². The minimum absolute atomic E-state index is 1.05. The quantitative estimate of drug-likeness (QED) is 0.545. The standard InChI is InChI=1S/C17H24S/c1-7-16-10-8-9-13(4)17(11-16)18-15(6)14(5)12(2)3/h9-11H,6-8H2,1-5H3. The van der Waals surface area contributed by atoms with E-state index in [1.807, 2.05) is 0 Å². The normalized spacial score (nSPS) is 15.3. The van der Waals surface area contributed by atoms with E-state index >= 15 is 0 Å². The Morgan fingerprint density at radius 2 is 1.94 bits per heavy atom. The first-order chi connectivity index (χ1) is 8.45. The molecule has 0 amide bonds. The zero-order valence-corrected chi connectivity index (χ0v) is 13.1. The summed E-state index contributed by atoms with van der Waals surface area (Å²) in [4.78, 5) is 2.50. The molecule has 0 atom stereocenters. The maximum atomic E-state index is 4.20. The molecule has 1 aliphatic rings. The molecule has 0 aromatic carbocycles. The molecule has 0 radical (unpaired) electrons. The lowest BCUT2D eigenvalue weighted by Crippen LogP contribution is -1.86. The van der Waals surface area contributed by atoms with E-state index in [1.165, 1.54) is 27.2 Å². The van der Waals surface area contributed by atoms with E-state index in [0.717, 1.165) is 17.7 Å². The molecule has 0 saturated heterocycles. The molecular formula is C17H24S. The van der Waals surface area contributed by atoms with Crippen molar-refractivity contribution in [2.24, 2.45) is 0 Å². The van der Waals surface area contributed by atoms with Crippen molar-refractivity contribution in [2.45, 2.75) is 47.5 Å². The molecule has 0 heterocycles. The summed E-state index contributed by atoms with van der Waals surface area (Å²) in [5, 5.41) is 0. The lowest BCUT2D eigenvalue weighted by atomic mass is 10.2. The molecular weight excluding hydrogens is 236 g/mol. The van der Waals surface area contributed by atoms with Crippen molar-refractivity contribution in [3.8, 4) is 0 Å². The van der Waals surface area contributed by atoms with Gasteiger partial charge in [-0.2, -0.15) is 0 Å². The van der Waals surface area contributed by atoms with Gasteiger partial charge < -0.3 is 0 Å². The van der Waals surface area contributed by atoms with Gasteiger partial charge in [-0.25, -0.2) is 0 Å². The lowest BCUT2D eigenvalue weighted by Gasteiger charge is -2.12. The summed E-state index contributed by atoms with van der Waals surface area (Å²) in [6.07, 6.45) is 9.07. The molecule has 0 aromatic heterocycles. The van der Waals surface area contributed by atoms with Gasteiger partial charge >= 0.3 is 0 Å². The minimum atomic E-state index is 1.05. The van der Waals surface area contributed by atoms with E-state index in [-0.39, 0.29) is 0 Å². The molecule has 0 spiro atoms. The van der Waals surface area contributed by atoms with Gasteiger partial charge in [0.05, 0.1) is 0 Å². The molecule has 0 saturated carbocycles. The van der Waals surface area contributed by atoms with Crippen LogP contribution in [0.25, 0.3) is 0 Å². The molecule has 0 nitrogen and oxygen atoms in total. The SMILES string of the molecule is C=C(SC1=CC(CC)=CCC=C1C)C(C)=C(C)C. The average Bonchev–Trinajstić information content (AvgIpc) is 2.50. The van der Waals surface area contributed by atoms with Gasteiger partial charge in [0.15, 0.2) is 0 Å². The number of hydrogen-bond donors (Lipinski definition) is 0. The third kappa shape index (κ3) is 4.06. The van der Waals surface area contributed by atoms with Crippen LogP contribution in [0.2, 0.25) is 0 Å². The Bertz CT molecular complexity index is 452. The van der Waals surface area contributed by atoms with Gasteiger partial charge in [-0.3, -0.25) is 0 Å². The molecule has 1 aliphatic carbocycles. The van der Waals surface area contributed by atoms with E-state index in [4.69, 9.17) is 0 Å². The van der Waals surface area contributed by atoms with E-state index in [1.54, 1.807) is 11.8 Å². The smallest absolute Gasteiger partial charge is 0.0151 e. The van der Waals surface area contributed by atoms with Crippen LogP contribution in [-0.2, 0) is 0 Å². The highest BCUT2D eigenvalue weighted by atomic mass is 32.2. The first-order valence-corrected chi connectivity index (χ1v) is 7.36. The Morgan fingerprint density at radius 1 is 1.28 bits per heavy atom. The summed E-state index contributed by atoms with van der Waals surface area (Å²) in [5.74, 6) is 0. The number of hydrogen-bond acceptors (Lipinski definition) is 1. The van der Waals surface area contributed by atoms with Crippen molar-refractivity contribution >= 4 is 11.8 Å². The van der Waals surface area contributed by atoms with Crippen molar-refractivity contribution in [1.82, 2.24) is 0 Å². The van der Waals surface area contributed by atoms with Crippen molar-refractivity contribution < 1.29 is 0 Å². The molecule has 18 heavy (non-hydrogen) atoms. The van der Waals surface area contributed by atoms with Gasteiger partial charge in [-0.1, -0.05) is 48.6 Å². The second kappa shape index (κ2) is 6.84. The van der Waals surface area contributed by atoms with Gasteiger partial charge in [-0.05, 0) is 57.8 Å². The zero-order valence-electron chi connectivity index (χ0n) is 12.3. The van der Waals surface area contributed by atoms with Crippen molar-refractivity contribution in [2.75, 3.05) is 0 Å². The number of allylic oxidation sites excluding steroid dienone is 7. The van der Waals surface area contributed by atoms with Gasteiger partial charge in [0, 0.05) is 9.81 Å². The van der Waals surface area contributed by atoms with Gasteiger partial charge in [0.2, 0.25) is 0 Å². The predicted octanol–water partition coefficient (Wildman–Crippen LogP) is 6.16. The molecule has 0 unspecified atom stereocenters. The summed E-state index contributed by atoms with van der Waals surface area (Å²) in [6, 6.07) is 0. The molecule has 1 rings (SSSR count). The minimum Gasteiger partial charge on any atom is -0.0902 e. The van der Waals surface area contributed by atoms with Crippen LogP contribution >= 0.6 is 11.8 Å². The molecule has 0 fully saturated rings. The number of thioether (sulfide) groups is 1. The summed E-state index contributed by atoms with van der Waals surface area (Å²) < 4.78 is 0. The van der Waals surface area contributed by atoms with Crippen LogP contribution in [0.5, 0.6) is 0 Å². The third-order valence-electron chi connectivity index (χ3n) is 3.32. The van der Waals surface area contributed by atoms with Gasteiger partial charge in [-0.15, -0.1) is 0 Å². The van der Waals surface area contributed by atoms with Crippen LogP contribution in [0.1, 0.15) is 47.5 Å². The van der Waals surface area contributed by atoms with Crippen LogP contribution in [0, 0.1) is 0 Å². The topological polar surface area (TPSA) is 0 Å². The van der Waals surface area contributed by atoms with Gasteiger partial charge in [0.25, 0.3) is 0 Å². The Labute approximate surface area is 116 Å². The fourth-order valence-corrected chi connectivity index (χ4v) is 2.75. The van der Waals surface area contributed by atoms with Crippen molar-refractivity contribution in [1.29, 1.82) is 0 Å². The summed E-state index contributed by atoms with van der Waals surface area (Å²) in [7, 11) is 0. The van der Waals surface area contributed by atoms with Crippen molar-refractivity contribution in [3.05, 3.63) is 56.9 Å². The maximum Gasteiger partial charge on any atom is 0.0151 e. The highest BCUT2D eigenvalue weighted by Crippen LogP contribution is 2.36. The van der Waals surface area contributed by atoms with E-state index in [0.29, 0.717) is 0 Å². The fourth-order valence-electron chi connectivity index (χ4n) is 1.67. The van der Waals surface area contributed by atoms with Crippen LogP contribution < -0.4 is 0 Å². The highest BCUT2D eigenvalue weighted by Gasteiger charge is 2.09. The Kier molecular flexibility index (Phi) is 5.74. The Balaban J connectivity index is 2.94. The molecule has 0 N–H and O–H groups in total. The van der Waals surface area contributed by atoms with Crippen molar-refractivity contribution in [3.63, 3.8) is 0 Å². The summed E-state index contributed by atoms with van der Waals surface area (Å²) in [6.45, 7) is 15.0. The molecule has 0 aromatic rings. The predicted molar refractivity (Wildman–Crippen MR) is 85.6 cm³/mol. The number of rotatable bonds is 4. The van der Waals surface area contributed by atoms with E-state index < -0.39 is 0 Å². The fraction of sp³-hybridized carbons (Fsp3) is 0.412. The first-order valence-electron chi connectivity index (χ1n) is 6.54. The average molecular weight is 260 g/mol.